The number of halogens is 1. The normalized spacial score (nSPS) is 10.3. The minimum absolute atomic E-state index is 0.130. The van der Waals surface area contributed by atoms with Gasteiger partial charge in [-0.2, -0.15) is 0 Å². The molecular formula is C15H23ClN2O3. The number of hydrogen-bond acceptors (Lipinski definition) is 4. The van der Waals surface area contributed by atoms with Gasteiger partial charge in [-0.3, -0.25) is 4.79 Å². The highest BCUT2D eigenvalue weighted by molar-refractivity contribution is 6.32. The third kappa shape index (κ3) is 5.81. The van der Waals surface area contributed by atoms with Crippen molar-refractivity contribution in [2.24, 2.45) is 0 Å². The number of unbranched alkanes of at least 4 members (excludes halogenated alkanes) is 2. The van der Waals surface area contributed by atoms with Crippen molar-refractivity contribution in [1.29, 1.82) is 0 Å². The Bertz CT molecular complexity index is 466. The van der Waals surface area contributed by atoms with Crippen LogP contribution in [-0.4, -0.2) is 33.2 Å². The zero-order valence-electron chi connectivity index (χ0n) is 12.8. The largest absolute Gasteiger partial charge is 0.495 e. The molecule has 0 radical (unpaired) electrons. The van der Waals surface area contributed by atoms with Gasteiger partial charge >= 0.3 is 0 Å². The van der Waals surface area contributed by atoms with Crippen LogP contribution in [0.5, 0.6) is 11.5 Å². The second-order valence-corrected chi connectivity index (χ2v) is 5.03. The van der Waals surface area contributed by atoms with Crippen molar-refractivity contribution in [2.45, 2.75) is 26.2 Å². The lowest BCUT2D eigenvalue weighted by molar-refractivity contribution is -0.115. The number of methoxy groups -OCH3 is 2. The smallest absolute Gasteiger partial charge is 0.238 e. The molecule has 0 saturated heterocycles. The van der Waals surface area contributed by atoms with E-state index in [2.05, 4.69) is 17.6 Å². The maximum Gasteiger partial charge on any atom is 0.238 e. The number of nitrogens with one attached hydrogen (secondary N) is 2. The van der Waals surface area contributed by atoms with Gasteiger partial charge in [-0.05, 0) is 13.0 Å². The van der Waals surface area contributed by atoms with E-state index in [-0.39, 0.29) is 12.5 Å². The third-order valence-electron chi connectivity index (χ3n) is 2.99. The predicted molar refractivity (Wildman–Crippen MR) is 85.6 cm³/mol. The van der Waals surface area contributed by atoms with Crippen LogP contribution in [0.2, 0.25) is 5.02 Å². The summed E-state index contributed by atoms with van der Waals surface area (Å²) in [6.07, 6.45) is 3.40. The molecule has 0 unspecified atom stereocenters. The Morgan fingerprint density at radius 1 is 1.19 bits per heavy atom. The highest BCUT2D eigenvalue weighted by Crippen LogP contribution is 2.35. The highest BCUT2D eigenvalue weighted by Gasteiger charge is 2.12. The maximum atomic E-state index is 11.9. The van der Waals surface area contributed by atoms with Crippen molar-refractivity contribution in [3.05, 3.63) is 17.2 Å². The second-order valence-electron chi connectivity index (χ2n) is 4.62. The third-order valence-corrected chi connectivity index (χ3v) is 3.29. The van der Waals surface area contributed by atoms with Crippen LogP contribution in [0, 0.1) is 0 Å². The summed E-state index contributed by atoms with van der Waals surface area (Å²) in [4.78, 5) is 11.9. The van der Waals surface area contributed by atoms with Crippen LogP contribution in [0.15, 0.2) is 12.1 Å². The monoisotopic (exact) mass is 314 g/mol. The summed E-state index contributed by atoms with van der Waals surface area (Å²) in [6, 6.07) is 3.26. The predicted octanol–water partition coefficient (Wildman–Crippen LogP) is 3.08. The number of ether oxygens (including phenoxy) is 2. The van der Waals surface area contributed by atoms with E-state index in [1.807, 2.05) is 0 Å². The number of carbonyl (C=O) groups excluding carboxylic acids is 1. The Morgan fingerprint density at radius 2 is 1.90 bits per heavy atom. The van der Waals surface area contributed by atoms with Crippen molar-refractivity contribution in [1.82, 2.24) is 5.32 Å². The summed E-state index contributed by atoms with van der Waals surface area (Å²) in [5.41, 5.74) is 0.541. The van der Waals surface area contributed by atoms with E-state index in [9.17, 15) is 4.79 Å². The molecular weight excluding hydrogens is 292 g/mol. The molecule has 1 aromatic rings. The maximum absolute atomic E-state index is 11.9. The van der Waals surface area contributed by atoms with Gasteiger partial charge in [0.1, 0.15) is 11.5 Å². The Balaban J connectivity index is 2.58. The van der Waals surface area contributed by atoms with E-state index in [1.54, 1.807) is 12.1 Å². The lowest BCUT2D eigenvalue weighted by Crippen LogP contribution is -2.28. The van der Waals surface area contributed by atoms with Gasteiger partial charge in [-0.25, -0.2) is 0 Å². The summed E-state index contributed by atoms with van der Waals surface area (Å²) in [5, 5.41) is 6.33. The minimum atomic E-state index is -0.130. The average Bonchev–Trinajstić information content (AvgIpc) is 2.48. The fraction of sp³-hybridized carbons (Fsp3) is 0.533. The van der Waals surface area contributed by atoms with Gasteiger partial charge in [0, 0.05) is 12.1 Å². The Morgan fingerprint density at radius 3 is 2.52 bits per heavy atom. The quantitative estimate of drug-likeness (QED) is 0.688. The summed E-state index contributed by atoms with van der Waals surface area (Å²) in [5.74, 6) is 0.859. The number of amides is 1. The van der Waals surface area contributed by atoms with Crippen LogP contribution in [-0.2, 0) is 4.79 Å². The van der Waals surface area contributed by atoms with Crippen LogP contribution < -0.4 is 20.1 Å². The zero-order chi connectivity index (χ0) is 15.7. The SMILES string of the molecule is CCCCCNCC(=O)Nc1cc(OC)c(Cl)cc1OC. The Hall–Kier alpha value is -1.46. The van der Waals surface area contributed by atoms with E-state index in [0.29, 0.717) is 22.2 Å². The van der Waals surface area contributed by atoms with Crippen molar-refractivity contribution < 1.29 is 14.3 Å². The molecule has 2 N–H and O–H groups in total. The molecule has 1 amide bonds. The van der Waals surface area contributed by atoms with E-state index in [0.717, 1.165) is 25.8 Å². The number of benzene rings is 1. The van der Waals surface area contributed by atoms with Gasteiger partial charge in [0.2, 0.25) is 5.91 Å². The molecule has 0 heterocycles. The molecule has 6 heteroatoms. The lowest BCUT2D eigenvalue weighted by Gasteiger charge is -2.13. The number of anilines is 1. The molecule has 0 aromatic heterocycles. The van der Waals surface area contributed by atoms with Gasteiger partial charge in [-0.1, -0.05) is 31.4 Å². The molecule has 21 heavy (non-hydrogen) atoms. The molecule has 0 aliphatic heterocycles. The van der Waals surface area contributed by atoms with Gasteiger partial charge in [0.05, 0.1) is 31.5 Å². The lowest BCUT2D eigenvalue weighted by atomic mass is 10.2. The first-order valence-electron chi connectivity index (χ1n) is 7.04. The average molecular weight is 315 g/mol. The Kier molecular flexibility index (Phi) is 7.93. The highest BCUT2D eigenvalue weighted by atomic mass is 35.5. The molecule has 1 rings (SSSR count). The van der Waals surface area contributed by atoms with Crippen molar-refractivity contribution in [3.63, 3.8) is 0 Å². The van der Waals surface area contributed by atoms with Gasteiger partial charge in [0.25, 0.3) is 0 Å². The topological polar surface area (TPSA) is 59.6 Å². The van der Waals surface area contributed by atoms with Crippen molar-refractivity contribution in [3.8, 4) is 11.5 Å². The van der Waals surface area contributed by atoms with E-state index in [1.165, 1.54) is 14.2 Å². The molecule has 0 saturated carbocycles. The fourth-order valence-electron chi connectivity index (χ4n) is 1.85. The summed E-state index contributed by atoms with van der Waals surface area (Å²) in [6.45, 7) is 3.24. The van der Waals surface area contributed by atoms with Crippen LogP contribution in [0.1, 0.15) is 26.2 Å². The molecule has 1 aromatic carbocycles. The summed E-state index contributed by atoms with van der Waals surface area (Å²) >= 11 is 6.02. The first-order chi connectivity index (χ1) is 10.1. The molecule has 0 bridgehead atoms. The van der Waals surface area contributed by atoms with Crippen molar-refractivity contribution >= 4 is 23.2 Å². The molecule has 0 aliphatic carbocycles. The molecule has 5 nitrogen and oxygen atoms in total. The Labute approximate surface area is 131 Å². The second kappa shape index (κ2) is 9.47. The van der Waals surface area contributed by atoms with E-state index in [4.69, 9.17) is 21.1 Å². The first kappa shape index (κ1) is 17.6. The van der Waals surface area contributed by atoms with Crippen LogP contribution in [0.3, 0.4) is 0 Å². The molecule has 0 atom stereocenters. The first-order valence-corrected chi connectivity index (χ1v) is 7.42. The van der Waals surface area contributed by atoms with E-state index >= 15 is 0 Å². The van der Waals surface area contributed by atoms with Crippen LogP contribution in [0.4, 0.5) is 5.69 Å². The number of hydrogen-bond donors (Lipinski definition) is 2. The number of carbonyl (C=O) groups is 1. The fourth-order valence-corrected chi connectivity index (χ4v) is 2.09. The minimum Gasteiger partial charge on any atom is -0.495 e. The van der Waals surface area contributed by atoms with Gasteiger partial charge in [0.15, 0.2) is 0 Å². The molecule has 0 aliphatic rings. The van der Waals surface area contributed by atoms with Crippen LogP contribution in [0.25, 0.3) is 0 Å². The number of rotatable bonds is 9. The summed E-state index contributed by atoms with van der Waals surface area (Å²) < 4.78 is 10.3. The molecule has 0 fully saturated rings. The van der Waals surface area contributed by atoms with Crippen molar-refractivity contribution in [2.75, 3.05) is 32.6 Å². The summed E-state index contributed by atoms with van der Waals surface area (Å²) in [7, 11) is 3.05. The molecule has 118 valence electrons. The standard InChI is InChI=1S/C15H23ClN2O3/c1-4-5-6-7-17-10-15(19)18-12-9-13(20-2)11(16)8-14(12)21-3/h8-9,17H,4-7,10H2,1-3H3,(H,18,19). The zero-order valence-corrected chi connectivity index (χ0v) is 13.5. The molecule has 0 spiro atoms. The van der Waals surface area contributed by atoms with E-state index < -0.39 is 0 Å². The van der Waals surface area contributed by atoms with Gasteiger partial charge < -0.3 is 20.1 Å². The van der Waals surface area contributed by atoms with Gasteiger partial charge in [-0.15, -0.1) is 0 Å². The van der Waals surface area contributed by atoms with Crippen LogP contribution >= 0.6 is 11.6 Å².